The van der Waals surface area contributed by atoms with E-state index in [-0.39, 0.29) is 18.2 Å². The van der Waals surface area contributed by atoms with Crippen LogP contribution < -0.4 is 15.8 Å². The van der Waals surface area contributed by atoms with Gasteiger partial charge in [0.2, 0.25) is 5.88 Å². The predicted octanol–water partition coefficient (Wildman–Crippen LogP) is 2.58. The predicted molar refractivity (Wildman–Crippen MR) is 110 cm³/mol. The van der Waals surface area contributed by atoms with Crippen LogP contribution in [0.4, 0.5) is 4.79 Å². The summed E-state index contributed by atoms with van der Waals surface area (Å²) in [6.07, 6.45) is 3.26. The van der Waals surface area contributed by atoms with E-state index >= 15 is 0 Å². The summed E-state index contributed by atoms with van der Waals surface area (Å²) in [5, 5.41) is 2.99. The van der Waals surface area contributed by atoms with Gasteiger partial charge in [0.1, 0.15) is 5.60 Å². The molecule has 3 N–H and O–H groups in total. The number of pyridine rings is 2. The zero-order chi connectivity index (χ0) is 21.0. The average Bonchev–Trinajstić information content (AvgIpc) is 2.66. The molecule has 8 nitrogen and oxygen atoms in total. The minimum atomic E-state index is -0.581. The molecule has 2 aromatic rings. The molecule has 0 bridgehead atoms. The van der Waals surface area contributed by atoms with Crippen molar-refractivity contribution >= 4 is 17.1 Å². The highest BCUT2D eigenvalue weighted by Gasteiger charge is 2.30. The van der Waals surface area contributed by atoms with E-state index in [2.05, 4.69) is 15.3 Å². The maximum Gasteiger partial charge on any atom is 0.407 e. The van der Waals surface area contributed by atoms with Crippen molar-refractivity contribution in [2.45, 2.75) is 63.8 Å². The molecule has 0 spiro atoms. The van der Waals surface area contributed by atoms with Gasteiger partial charge in [-0.1, -0.05) is 0 Å². The molecule has 1 fully saturated rings. The van der Waals surface area contributed by atoms with Crippen molar-refractivity contribution < 1.29 is 19.0 Å². The molecule has 158 valence electrons. The van der Waals surface area contributed by atoms with E-state index in [4.69, 9.17) is 19.9 Å². The van der Waals surface area contributed by atoms with Crippen LogP contribution in [0.1, 0.15) is 39.2 Å². The Morgan fingerprint density at radius 2 is 2.14 bits per heavy atom. The zero-order valence-corrected chi connectivity index (χ0v) is 17.5. The molecule has 0 aliphatic carbocycles. The number of fused-ring (bicyclic) bond motifs is 1. The lowest BCUT2D eigenvalue weighted by atomic mass is 9.94. The summed E-state index contributed by atoms with van der Waals surface area (Å²) in [5.74, 6) is 0.517. The van der Waals surface area contributed by atoms with Gasteiger partial charge in [-0.15, -0.1) is 0 Å². The number of hydrogen-bond acceptors (Lipinski definition) is 7. The summed E-state index contributed by atoms with van der Waals surface area (Å²) in [6, 6.07) is 5.31. The number of amides is 1. The van der Waals surface area contributed by atoms with Gasteiger partial charge in [0.25, 0.3) is 0 Å². The van der Waals surface area contributed by atoms with Gasteiger partial charge in [-0.3, -0.25) is 4.98 Å². The second-order valence-electron chi connectivity index (χ2n) is 8.36. The van der Waals surface area contributed by atoms with Crippen LogP contribution in [0.3, 0.4) is 0 Å². The molecule has 1 aliphatic rings. The molecular weight excluding hydrogens is 372 g/mol. The highest BCUT2D eigenvalue weighted by molar-refractivity contribution is 5.78. The van der Waals surface area contributed by atoms with Gasteiger partial charge >= 0.3 is 6.09 Å². The molecule has 0 aromatic carbocycles. The fourth-order valence-corrected chi connectivity index (χ4v) is 3.42. The van der Waals surface area contributed by atoms with E-state index < -0.39 is 11.7 Å². The second kappa shape index (κ2) is 8.92. The van der Waals surface area contributed by atoms with Gasteiger partial charge in [-0.05, 0) is 57.7 Å². The highest BCUT2D eigenvalue weighted by Crippen LogP contribution is 2.23. The van der Waals surface area contributed by atoms with Gasteiger partial charge in [-0.25, -0.2) is 9.78 Å². The molecule has 1 amide bonds. The SMILES string of the molecule is COc1ccc2nccc(C[C@@H](NC(=O)OC(C)(C)C)[C@H]3CC[C@H](N)CO3)c2n1. The van der Waals surface area contributed by atoms with Crippen molar-refractivity contribution in [1.29, 1.82) is 0 Å². The third-order valence-corrected chi connectivity index (χ3v) is 4.79. The molecule has 3 atom stereocenters. The quantitative estimate of drug-likeness (QED) is 0.791. The summed E-state index contributed by atoms with van der Waals surface area (Å²) >= 11 is 0. The van der Waals surface area contributed by atoms with Gasteiger partial charge in [0, 0.05) is 18.3 Å². The molecule has 0 unspecified atom stereocenters. The minimum absolute atomic E-state index is 0.0288. The van der Waals surface area contributed by atoms with Crippen LogP contribution in [-0.4, -0.2) is 53.6 Å². The normalized spacial score (nSPS) is 20.9. The van der Waals surface area contributed by atoms with Crippen LogP contribution in [0, 0.1) is 0 Å². The number of alkyl carbamates (subject to hydrolysis) is 1. The Hall–Kier alpha value is -2.45. The Balaban J connectivity index is 1.86. The van der Waals surface area contributed by atoms with Crippen LogP contribution in [0.5, 0.6) is 5.88 Å². The Morgan fingerprint density at radius 3 is 2.79 bits per heavy atom. The van der Waals surface area contributed by atoms with E-state index in [0.717, 1.165) is 29.4 Å². The number of ether oxygens (including phenoxy) is 3. The van der Waals surface area contributed by atoms with E-state index in [9.17, 15) is 4.79 Å². The number of nitrogens with two attached hydrogens (primary N) is 1. The lowest BCUT2D eigenvalue weighted by Crippen LogP contribution is -2.50. The first-order valence-corrected chi connectivity index (χ1v) is 9.90. The van der Waals surface area contributed by atoms with Crippen molar-refractivity contribution in [3.63, 3.8) is 0 Å². The first-order valence-electron chi connectivity index (χ1n) is 9.90. The summed E-state index contributed by atoms with van der Waals surface area (Å²) in [7, 11) is 1.58. The third kappa shape index (κ3) is 5.77. The van der Waals surface area contributed by atoms with Crippen LogP contribution in [0.15, 0.2) is 24.4 Å². The summed E-state index contributed by atoms with van der Waals surface area (Å²) < 4.78 is 16.7. The standard InChI is InChI=1S/C21H30N4O4/c1-21(2,3)29-20(26)24-16(17-7-5-14(22)12-28-17)11-13-9-10-23-15-6-8-18(27-4)25-19(13)15/h6,8-10,14,16-17H,5,7,11-12,22H2,1-4H3,(H,24,26)/t14-,16+,17+/m0/s1. The number of carbonyl (C=O) groups is 1. The molecule has 0 radical (unpaired) electrons. The number of nitrogens with zero attached hydrogens (tertiary/aromatic N) is 2. The van der Waals surface area contributed by atoms with Crippen molar-refractivity contribution in [3.05, 3.63) is 30.0 Å². The molecule has 3 heterocycles. The van der Waals surface area contributed by atoms with E-state index in [1.807, 2.05) is 32.9 Å². The monoisotopic (exact) mass is 402 g/mol. The van der Waals surface area contributed by atoms with Crippen LogP contribution >= 0.6 is 0 Å². The lowest BCUT2D eigenvalue weighted by molar-refractivity contribution is -0.0203. The smallest absolute Gasteiger partial charge is 0.407 e. The Kier molecular flexibility index (Phi) is 6.54. The second-order valence-corrected chi connectivity index (χ2v) is 8.36. The van der Waals surface area contributed by atoms with Gasteiger partial charge in [0.15, 0.2) is 0 Å². The Bertz CT molecular complexity index is 844. The van der Waals surface area contributed by atoms with Gasteiger partial charge < -0.3 is 25.3 Å². The average molecular weight is 402 g/mol. The first kappa shape index (κ1) is 21.3. The van der Waals surface area contributed by atoms with Crippen LogP contribution in [0.2, 0.25) is 0 Å². The van der Waals surface area contributed by atoms with E-state index in [1.54, 1.807) is 19.4 Å². The maximum atomic E-state index is 12.5. The van der Waals surface area contributed by atoms with Gasteiger partial charge in [0.05, 0.1) is 36.9 Å². The maximum absolute atomic E-state index is 12.5. The topological polar surface area (TPSA) is 109 Å². The molecule has 0 saturated carbocycles. The largest absolute Gasteiger partial charge is 0.481 e. The molecule has 1 saturated heterocycles. The lowest BCUT2D eigenvalue weighted by Gasteiger charge is -2.34. The van der Waals surface area contributed by atoms with E-state index in [1.165, 1.54) is 0 Å². The summed E-state index contributed by atoms with van der Waals surface area (Å²) in [6.45, 7) is 5.99. The number of carbonyl (C=O) groups excluding carboxylic acids is 1. The number of nitrogens with one attached hydrogen (secondary N) is 1. The van der Waals surface area contributed by atoms with Crippen LogP contribution in [-0.2, 0) is 15.9 Å². The van der Waals surface area contributed by atoms with Crippen molar-refractivity contribution in [2.24, 2.45) is 5.73 Å². The number of aromatic nitrogens is 2. The van der Waals surface area contributed by atoms with E-state index in [0.29, 0.717) is 18.9 Å². The van der Waals surface area contributed by atoms with Crippen molar-refractivity contribution in [1.82, 2.24) is 15.3 Å². The fourth-order valence-electron chi connectivity index (χ4n) is 3.42. The van der Waals surface area contributed by atoms with Crippen molar-refractivity contribution in [2.75, 3.05) is 13.7 Å². The third-order valence-electron chi connectivity index (χ3n) is 4.79. The Morgan fingerprint density at radius 1 is 1.34 bits per heavy atom. The molecule has 8 heteroatoms. The molecule has 3 rings (SSSR count). The first-order chi connectivity index (χ1) is 13.7. The summed E-state index contributed by atoms with van der Waals surface area (Å²) in [4.78, 5) is 21.4. The minimum Gasteiger partial charge on any atom is -0.481 e. The number of hydrogen-bond donors (Lipinski definition) is 2. The van der Waals surface area contributed by atoms with Gasteiger partial charge in [-0.2, -0.15) is 0 Å². The Labute approximate surface area is 171 Å². The molecule has 1 aliphatic heterocycles. The van der Waals surface area contributed by atoms with Crippen molar-refractivity contribution in [3.8, 4) is 5.88 Å². The van der Waals surface area contributed by atoms with Crippen LogP contribution in [0.25, 0.3) is 11.0 Å². The number of rotatable bonds is 5. The fraction of sp³-hybridized carbons (Fsp3) is 0.571. The molecule has 2 aromatic heterocycles. The zero-order valence-electron chi connectivity index (χ0n) is 17.5. The summed E-state index contributed by atoms with van der Waals surface area (Å²) in [5.41, 5.74) is 7.86. The molecular formula is C21H30N4O4. The highest BCUT2D eigenvalue weighted by atomic mass is 16.6. The number of methoxy groups -OCH3 is 1. The molecule has 29 heavy (non-hydrogen) atoms.